The Morgan fingerprint density at radius 2 is 1.63 bits per heavy atom. The number of carboxylic acids is 1. The van der Waals surface area contributed by atoms with Gasteiger partial charge in [0.05, 0.1) is 5.41 Å². The molecule has 7 nitrogen and oxygen atoms in total. The minimum absolute atomic E-state index is 0. The van der Waals surface area contributed by atoms with Crippen molar-refractivity contribution in [1.82, 2.24) is 15.0 Å². The van der Waals surface area contributed by atoms with Crippen LogP contribution in [0.3, 0.4) is 0 Å². The highest BCUT2D eigenvalue weighted by Gasteiger charge is 2.42. The molecule has 0 aliphatic carbocycles. The molecule has 0 spiro atoms. The highest BCUT2D eigenvalue weighted by Crippen LogP contribution is 2.36. The van der Waals surface area contributed by atoms with Gasteiger partial charge in [0.25, 0.3) is 5.89 Å². The van der Waals surface area contributed by atoms with Crippen LogP contribution in [0.5, 0.6) is 0 Å². The van der Waals surface area contributed by atoms with Crippen LogP contribution >= 0.6 is 11.6 Å². The van der Waals surface area contributed by atoms with E-state index in [0.29, 0.717) is 35.5 Å². The minimum atomic E-state index is -0.809. The summed E-state index contributed by atoms with van der Waals surface area (Å²) in [5.74, 6) is 0.761. The molecule has 1 saturated heterocycles. The first-order valence-electron chi connectivity index (χ1n) is 14.9. The Hall–Kier alpha value is -3.52. The van der Waals surface area contributed by atoms with Crippen LogP contribution in [0, 0.1) is 5.92 Å². The summed E-state index contributed by atoms with van der Waals surface area (Å²) in [7, 11) is 0. The molecule has 0 radical (unpaired) electrons. The number of rotatable bonds is 8. The van der Waals surface area contributed by atoms with Crippen LogP contribution in [0.2, 0.25) is 5.02 Å². The number of aliphatic carboxylic acids is 1. The molecule has 3 N–H and O–H groups in total. The van der Waals surface area contributed by atoms with Crippen molar-refractivity contribution in [1.29, 1.82) is 0 Å². The average Bonchev–Trinajstić information content (AvgIpc) is 3.45. The highest BCUT2D eigenvalue weighted by molar-refractivity contribution is 6.31. The van der Waals surface area contributed by atoms with Gasteiger partial charge >= 0.3 is 5.97 Å². The van der Waals surface area contributed by atoms with Crippen LogP contribution in [0.1, 0.15) is 64.2 Å². The molecular formula is C35H43ClN4O3. The normalized spacial score (nSPS) is 15.2. The Kier molecular flexibility index (Phi) is 10.4. The predicted octanol–water partition coefficient (Wildman–Crippen LogP) is 7.62. The molecule has 8 heteroatoms. The fourth-order valence-corrected chi connectivity index (χ4v) is 5.49. The quantitative estimate of drug-likeness (QED) is 0.214. The van der Waals surface area contributed by atoms with Gasteiger partial charge in [0, 0.05) is 28.2 Å². The molecule has 0 bridgehead atoms. The van der Waals surface area contributed by atoms with Gasteiger partial charge in [-0.3, -0.25) is 9.69 Å². The van der Waals surface area contributed by atoms with E-state index in [4.69, 9.17) is 21.9 Å². The van der Waals surface area contributed by atoms with E-state index >= 15 is 0 Å². The molecule has 228 valence electrons. The van der Waals surface area contributed by atoms with E-state index in [-0.39, 0.29) is 5.54 Å². The maximum Gasteiger partial charge on any atom is 0.314 e. The van der Waals surface area contributed by atoms with Crippen molar-refractivity contribution in [3.05, 3.63) is 94.5 Å². The van der Waals surface area contributed by atoms with Crippen LogP contribution in [0.15, 0.2) is 77.3 Å². The second kappa shape index (κ2) is 13.8. The van der Waals surface area contributed by atoms with Gasteiger partial charge in [0.2, 0.25) is 5.82 Å². The number of carboxylic acid groups (broad SMARTS) is 1. The van der Waals surface area contributed by atoms with E-state index in [0.717, 1.165) is 53.9 Å². The van der Waals surface area contributed by atoms with Gasteiger partial charge < -0.3 is 15.4 Å². The number of nitrogens with two attached hydrogens (primary N) is 1. The third-order valence-corrected chi connectivity index (χ3v) is 7.77. The van der Waals surface area contributed by atoms with E-state index in [1.54, 1.807) is 0 Å². The van der Waals surface area contributed by atoms with Gasteiger partial charge in [-0.15, -0.1) is 0 Å². The number of hydrogen-bond donors (Lipinski definition) is 2. The molecule has 0 saturated carbocycles. The summed E-state index contributed by atoms with van der Waals surface area (Å²) in [4.78, 5) is 19.1. The zero-order valence-corrected chi connectivity index (χ0v) is 26.6. The smallest absolute Gasteiger partial charge is 0.314 e. The number of nitrogens with zero attached hydrogens (tertiary/aromatic N) is 3. The molecule has 3 aromatic carbocycles. The molecular weight excluding hydrogens is 560 g/mol. The van der Waals surface area contributed by atoms with Gasteiger partial charge in [-0.2, -0.15) is 4.98 Å². The topological polar surface area (TPSA) is 105 Å². The first kappa shape index (κ1) is 32.4. The second-order valence-electron chi connectivity index (χ2n) is 12.9. The first-order valence-corrected chi connectivity index (χ1v) is 15.2. The van der Waals surface area contributed by atoms with Crippen molar-refractivity contribution in [2.45, 2.75) is 71.4 Å². The predicted molar refractivity (Wildman–Crippen MR) is 173 cm³/mol. The largest absolute Gasteiger partial charge is 0.481 e. The summed E-state index contributed by atoms with van der Waals surface area (Å²) in [6.45, 7) is 12.5. The minimum Gasteiger partial charge on any atom is -0.481 e. The average molecular weight is 603 g/mol. The molecule has 43 heavy (non-hydrogen) atoms. The Labute approximate surface area is 260 Å². The maximum absolute atomic E-state index is 12.2. The van der Waals surface area contributed by atoms with E-state index < -0.39 is 11.4 Å². The van der Waals surface area contributed by atoms with Gasteiger partial charge in [0.1, 0.15) is 0 Å². The lowest BCUT2D eigenvalue weighted by atomic mass is 9.73. The molecule has 0 atom stereocenters. The number of hydrogen-bond acceptors (Lipinski definition) is 6. The molecule has 5 rings (SSSR count). The van der Waals surface area contributed by atoms with Crippen molar-refractivity contribution in [2.24, 2.45) is 11.7 Å². The summed E-state index contributed by atoms with van der Waals surface area (Å²) >= 11 is 6.48. The van der Waals surface area contributed by atoms with Crippen LogP contribution in [0.25, 0.3) is 22.8 Å². The monoisotopic (exact) mass is 602 g/mol. The van der Waals surface area contributed by atoms with Crippen molar-refractivity contribution in [3.63, 3.8) is 0 Å². The SMILES string of the molecule is CC(C)(C)N.CC(C)Cc1ccc(-c2nc(-c3ccc(CN4CCC(C(=O)O)(c5ccccc5)CC4)cc3)no2)cc1Cl. The number of halogens is 1. The Morgan fingerprint density at radius 1 is 1.02 bits per heavy atom. The zero-order valence-electron chi connectivity index (χ0n) is 25.8. The molecule has 1 aliphatic heterocycles. The molecule has 4 aromatic rings. The number of aromatic nitrogens is 2. The van der Waals surface area contributed by atoms with Gasteiger partial charge in [0.15, 0.2) is 0 Å². The second-order valence-corrected chi connectivity index (χ2v) is 13.3. The lowest BCUT2D eigenvalue weighted by Crippen LogP contribution is -2.47. The zero-order chi connectivity index (χ0) is 31.2. The standard InChI is InChI=1S/C31H32ClN3O3.C4H11N/c1-21(2)18-24-12-13-25(19-27(24)32)29-33-28(34-38-29)23-10-8-22(9-11-23)20-35-16-14-31(15-17-35,30(36)37)26-6-4-3-5-7-26;1-4(2,3)5/h3-13,19,21H,14-18,20H2,1-2H3,(H,36,37);5H2,1-3H3. The van der Waals surface area contributed by atoms with Crippen LogP contribution in [-0.2, 0) is 23.2 Å². The van der Waals surface area contributed by atoms with Gasteiger partial charge in [-0.1, -0.05) is 91.3 Å². The Balaban J connectivity index is 0.000000782. The van der Waals surface area contributed by atoms with Crippen molar-refractivity contribution in [2.75, 3.05) is 13.1 Å². The molecule has 2 heterocycles. The fourth-order valence-electron chi connectivity index (χ4n) is 5.24. The molecule has 1 aromatic heterocycles. The molecule has 0 amide bonds. The van der Waals surface area contributed by atoms with Crippen molar-refractivity contribution >= 4 is 17.6 Å². The lowest BCUT2D eigenvalue weighted by molar-refractivity contribution is -0.146. The number of benzene rings is 3. The summed E-state index contributed by atoms with van der Waals surface area (Å²) in [6, 6.07) is 23.6. The fraction of sp³-hybridized carbons (Fsp3) is 0.400. The summed E-state index contributed by atoms with van der Waals surface area (Å²) in [6.07, 6.45) is 2.11. The van der Waals surface area contributed by atoms with Crippen molar-refractivity contribution in [3.8, 4) is 22.8 Å². The van der Waals surface area contributed by atoms with Crippen LogP contribution in [-0.4, -0.2) is 44.7 Å². The number of carbonyl (C=O) groups is 1. The summed E-state index contributed by atoms with van der Waals surface area (Å²) < 4.78 is 5.53. The maximum atomic E-state index is 12.2. The Morgan fingerprint density at radius 3 is 2.19 bits per heavy atom. The molecule has 1 aliphatic rings. The van der Waals surface area contributed by atoms with Crippen molar-refractivity contribution < 1.29 is 14.4 Å². The van der Waals surface area contributed by atoms with E-state index in [9.17, 15) is 9.90 Å². The highest BCUT2D eigenvalue weighted by atomic mass is 35.5. The van der Waals surface area contributed by atoms with E-state index in [1.807, 2.05) is 81.4 Å². The Bertz CT molecular complexity index is 1480. The third-order valence-electron chi connectivity index (χ3n) is 7.42. The van der Waals surface area contributed by atoms with Gasteiger partial charge in [-0.05, 0) is 87.9 Å². The summed E-state index contributed by atoms with van der Waals surface area (Å²) in [5.41, 5.74) is 9.39. The molecule has 0 unspecified atom stereocenters. The van der Waals surface area contributed by atoms with Crippen LogP contribution < -0.4 is 5.73 Å². The van der Waals surface area contributed by atoms with Crippen LogP contribution in [0.4, 0.5) is 0 Å². The van der Waals surface area contributed by atoms with E-state index in [1.165, 1.54) is 0 Å². The first-order chi connectivity index (χ1) is 20.3. The summed E-state index contributed by atoms with van der Waals surface area (Å²) in [5, 5.41) is 14.9. The number of likely N-dealkylation sites (tertiary alicyclic amines) is 1. The van der Waals surface area contributed by atoms with Gasteiger partial charge in [-0.25, -0.2) is 0 Å². The third kappa shape index (κ3) is 8.75. The molecule has 1 fully saturated rings. The van der Waals surface area contributed by atoms with E-state index in [2.05, 4.69) is 41.0 Å². The lowest BCUT2D eigenvalue weighted by Gasteiger charge is -2.39. The number of piperidine rings is 1.